The Hall–Kier alpha value is -1.00. The Morgan fingerprint density at radius 2 is 2.00 bits per heavy atom. The Labute approximate surface area is 106 Å². The largest absolute Gasteiger partial charge is 0.388 e. The van der Waals surface area contributed by atoms with E-state index >= 15 is 0 Å². The summed E-state index contributed by atoms with van der Waals surface area (Å²) in [5.74, 6) is -1.30. The van der Waals surface area contributed by atoms with Crippen LogP contribution in [-0.4, -0.2) is 17.8 Å². The summed E-state index contributed by atoms with van der Waals surface area (Å²) in [4.78, 5) is 0. The summed E-state index contributed by atoms with van der Waals surface area (Å²) in [5.41, 5.74) is 0.305. The van der Waals surface area contributed by atoms with Crippen molar-refractivity contribution in [3.05, 3.63) is 35.4 Å². The second-order valence-corrected chi connectivity index (χ2v) is 4.78. The van der Waals surface area contributed by atoms with Crippen molar-refractivity contribution < 1.29 is 18.6 Å². The third-order valence-electron chi connectivity index (χ3n) is 3.30. The van der Waals surface area contributed by atoms with Gasteiger partial charge in [-0.15, -0.1) is 0 Å². The van der Waals surface area contributed by atoms with Crippen molar-refractivity contribution in [3.8, 4) is 0 Å². The van der Waals surface area contributed by atoms with Crippen molar-refractivity contribution >= 4 is 0 Å². The maximum absolute atomic E-state index is 13.0. The number of halogens is 2. The van der Waals surface area contributed by atoms with E-state index in [1.165, 1.54) is 12.1 Å². The van der Waals surface area contributed by atoms with E-state index in [1.54, 1.807) is 0 Å². The molecule has 1 saturated heterocycles. The summed E-state index contributed by atoms with van der Waals surface area (Å²) >= 11 is 0. The Kier molecular flexibility index (Phi) is 4.66. The molecular formula is C14H18F2O2. The summed E-state index contributed by atoms with van der Waals surface area (Å²) in [6, 6.07) is 3.17. The molecule has 0 spiro atoms. The molecule has 0 bridgehead atoms. The second-order valence-electron chi connectivity index (χ2n) is 4.78. The van der Waals surface area contributed by atoms with Crippen molar-refractivity contribution in [2.75, 3.05) is 6.61 Å². The van der Waals surface area contributed by atoms with Gasteiger partial charge in [0.2, 0.25) is 0 Å². The average molecular weight is 256 g/mol. The Bertz CT molecular complexity index is 369. The van der Waals surface area contributed by atoms with Crippen LogP contribution in [0, 0.1) is 11.6 Å². The van der Waals surface area contributed by atoms with Crippen LogP contribution in [0.2, 0.25) is 0 Å². The van der Waals surface area contributed by atoms with Gasteiger partial charge in [0.25, 0.3) is 0 Å². The molecule has 1 fully saturated rings. The smallest absolute Gasteiger partial charge is 0.126 e. The maximum atomic E-state index is 13.0. The normalized spacial score (nSPS) is 21.2. The van der Waals surface area contributed by atoms with Crippen LogP contribution in [-0.2, 0) is 4.74 Å². The van der Waals surface area contributed by atoms with E-state index in [4.69, 9.17) is 4.74 Å². The lowest BCUT2D eigenvalue weighted by Gasteiger charge is -2.13. The number of hydrogen-bond donors (Lipinski definition) is 1. The van der Waals surface area contributed by atoms with E-state index in [2.05, 4.69) is 0 Å². The summed E-state index contributed by atoms with van der Waals surface area (Å²) in [7, 11) is 0. The zero-order chi connectivity index (χ0) is 13.0. The standard InChI is InChI=1S/C14H18F2O2/c15-11-7-10(8-12(16)9-11)14(17)5-1-3-13-4-2-6-18-13/h7-9,13-14,17H,1-6H2. The van der Waals surface area contributed by atoms with Gasteiger partial charge in [-0.25, -0.2) is 8.78 Å². The highest BCUT2D eigenvalue weighted by Gasteiger charge is 2.16. The SMILES string of the molecule is OC(CCCC1CCCO1)c1cc(F)cc(F)c1. The summed E-state index contributed by atoms with van der Waals surface area (Å²) in [6.45, 7) is 0.822. The molecule has 0 aliphatic carbocycles. The summed E-state index contributed by atoms with van der Waals surface area (Å²) in [6.07, 6.45) is 3.85. The van der Waals surface area contributed by atoms with Crippen LogP contribution < -0.4 is 0 Å². The van der Waals surface area contributed by atoms with Gasteiger partial charge < -0.3 is 9.84 Å². The lowest BCUT2D eigenvalue weighted by atomic mass is 10.0. The van der Waals surface area contributed by atoms with Gasteiger partial charge in [0.15, 0.2) is 0 Å². The molecule has 4 heteroatoms. The van der Waals surface area contributed by atoms with Crippen LogP contribution in [0.5, 0.6) is 0 Å². The maximum Gasteiger partial charge on any atom is 0.126 e. The van der Waals surface area contributed by atoms with Crippen molar-refractivity contribution in [3.63, 3.8) is 0 Å². The van der Waals surface area contributed by atoms with E-state index in [9.17, 15) is 13.9 Å². The summed E-state index contributed by atoms with van der Waals surface area (Å²) in [5, 5.41) is 9.87. The minimum Gasteiger partial charge on any atom is -0.388 e. The zero-order valence-electron chi connectivity index (χ0n) is 10.2. The number of benzene rings is 1. The van der Waals surface area contributed by atoms with Gasteiger partial charge in [0, 0.05) is 12.7 Å². The first kappa shape index (κ1) is 13.4. The lowest BCUT2D eigenvalue weighted by Crippen LogP contribution is -2.06. The molecule has 1 heterocycles. The molecule has 2 rings (SSSR count). The molecule has 1 aliphatic rings. The third kappa shape index (κ3) is 3.75. The first-order chi connectivity index (χ1) is 8.65. The molecule has 1 aromatic carbocycles. The van der Waals surface area contributed by atoms with Gasteiger partial charge in [-0.05, 0) is 49.8 Å². The van der Waals surface area contributed by atoms with Gasteiger partial charge in [-0.2, -0.15) is 0 Å². The number of hydrogen-bond acceptors (Lipinski definition) is 2. The van der Waals surface area contributed by atoms with Gasteiger partial charge in [-0.3, -0.25) is 0 Å². The summed E-state index contributed by atoms with van der Waals surface area (Å²) < 4.78 is 31.4. The molecule has 0 radical (unpaired) electrons. The highest BCUT2D eigenvalue weighted by atomic mass is 19.1. The van der Waals surface area contributed by atoms with Crippen LogP contribution in [0.25, 0.3) is 0 Å². The predicted molar refractivity (Wildman–Crippen MR) is 64.1 cm³/mol. The van der Waals surface area contributed by atoms with E-state index in [0.717, 1.165) is 38.4 Å². The lowest BCUT2D eigenvalue weighted by molar-refractivity contribution is 0.0944. The molecule has 2 atom stereocenters. The van der Waals surface area contributed by atoms with Crippen LogP contribution in [0.4, 0.5) is 8.78 Å². The number of aliphatic hydroxyl groups excluding tert-OH is 1. The first-order valence-corrected chi connectivity index (χ1v) is 6.41. The highest BCUT2D eigenvalue weighted by Crippen LogP contribution is 2.24. The molecule has 1 aromatic rings. The van der Waals surface area contributed by atoms with Crippen LogP contribution >= 0.6 is 0 Å². The van der Waals surface area contributed by atoms with Crippen molar-refractivity contribution in [2.45, 2.75) is 44.3 Å². The number of ether oxygens (including phenoxy) is 1. The molecule has 0 amide bonds. The third-order valence-corrected chi connectivity index (χ3v) is 3.30. The molecule has 2 nitrogen and oxygen atoms in total. The van der Waals surface area contributed by atoms with Crippen LogP contribution in [0.15, 0.2) is 18.2 Å². The number of aliphatic hydroxyl groups is 1. The van der Waals surface area contributed by atoms with Crippen LogP contribution in [0.3, 0.4) is 0 Å². The average Bonchev–Trinajstić information content (AvgIpc) is 2.80. The molecule has 18 heavy (non-hydrogen) atoms. The van der Waals surface area contributed by atoms with E-state index in [-0.39, 0.29) is 0 Å². The quantitative estimate of drug-likeness (QED) is 0.875. The number of rotatable bonds is 5. The highest BCUT2D eigenvalue weighted by molar-refractivity contribution is 5.20. The van der Waals surface area contributed by atoms with Crippen LogP contribution in [0.1, 0.15) is 43.8 Å². The van der Waals surface area contributed by atoms with Crippen molar-refractivity contribution in [1.82, 2.24) is 0 Å². The molecule has 0 saturated carbocycles. The van der Waals surface area contributed by atoms with Gasteiger partial charge in [0.05, 0.1) is 12.2 Å². The van der Waals surface area contributed by atoms with Crippen molar-refractivity contribution in [1.29, 1.82) is 0 Å². The second kappa shape index (κ2) is 6.25. The fourth-order valence-corrected chi connectivity index (χ4v) is 2.35. The molecule has 1 N–H and O–H groups in total. The minimum absolute atomic E-state index is 0.293. The topological polar surface area (TPSA) is 29.5 Å². The molecule has 100 valence electrons. The Morgan fingerprint density at radius 3 is 2.61 bits per heavy atom. The van der Waals surface area contributed by atoms with Gasteiger partial charge in [-0.1, -0.05) is 0 Å². The molecular weight excluding hydrogens is 238 g/mol. The monoisotopic (exact) mass is 256 g/mol. The van der Waals surface area contributed by atoms with E-state index < -0.39 is 17.7 Å². The Morgan fingerprint density at radius 1 is 1.28 bits per heavy atom. The first-order valence-electron chi connectivity index (χ1n) is 6.41. The Balaban J connectivity index is 1.81. The molecule has 0 aromatic heterocycles. The van der Waals surface area contributed by atoms with Gasteiger partial charge >= 0.3 is 0 Å². The fourth-order valence-electron chi connectivity index (χ4n) is 2.35. The van der Waals surface area contributed by atoms with Gasteiger partial charge in [0.1, 0.15) is 11.6 Å². The van der Waals surface area contributed by atoms with Crippen molar-refractivity contribution in [2.24, 2.45) is 0 Å². The van der Waals surface area contributed by atoms with E-state index in [0.29, 0.717) is 18.1 Å². The molecule has 2 unspecified atom stereocenters. The molecule has 1 aliphatic heterocycles. The fraction of sp³-hybridized carbons (Fsp3) is 0.571. The predicted octanol–water partition coefficient (Wildman–Crippen LogP) is 3.35. The minimum atomic E-state index is -0.809. The van der Waals surface area contributed by atoms with E-state index in [1.807, 2.05) is 0 Å². The zero-order valence-corrected chi connectivity index (χ0v) is 10.2.